The zero-order chi connectivity index (χ0) is 17.4. The number of aromatic nitrogens is 2. The Morgan fingerprint density at radius 2 is 2.17 bits per heavy atom. The van der Waals surface area contributed by atoms with Gasteiger partial charge in [-0.1, -0.05) is 22.8 Å². The predicted octanol–water partition coefficient (Wildman–Crippen LogP) is 3.36. The third-order valence-corrected chi connectivity index (χ3v) is 3.70. The number of hydrogen-bond donors (Lipinski definition) is 1. The average molecular weight is 348 g/mol. The number of rotatable bonds is 7. The van der Waals surface area contributed by atoms with Crippen LogP contribution in [-0.4, -0.2) is 41.6 Å². The van der Waals surface area contributed by atoms with Crippen molar-refractivity contribution in [3.8, 4) is 11.4 Å². The van der Waals surface area contributed by atoms with Crippen molar-refractivity contribution < 1.29 is 4.52 Å². The van der Waals surface area contributed by atoms with Gasteiger partial charge in [0.15, 0.2) is 5.96 Å². The van der Waals surface area contributed by atoms with Crippen molar-refractivity contribution in [1.29, 1.82) is 0 Å². The standard InChI is InChI=1S/C17H22ClN5O/c1-4-5-6-11-23(3)17(19-2)20-12-15-21-16(22-24-15)13-7-9-14(18)10-8-13/h4,7-10H,1,5-6,11-12H2,2-3H3,(H,19,20). The molecule has 2 rings (SSSR count). The zero-order valence-electron chi connectivity index (χ0n) is 14.0. The molecule has 0 atom stereocenters. The zero-order valence-corrected chi connectivity index (χ0v) is 14.8. The molecule has 0 amide bonds. The van der Waals surface area contributed by atoms with Gasteiger partial charge in [0.1, 0.15) is 0 Å². The van der Waals surface area contributed by atoms with Crippen LogP contribution >= 0.6 is 11.6 Å². The summed E-state index contributed by atoms with van der Waals surface area (Å²) in [6.45, 7) is 5.04. The van der Waals surface area contributed by atoms with E-state index in [1.807, 2.05) is 25.3 Å². The summed E-state index contributed by atoms with van der Waals surface area (Å²) in [5, 5.41) is 7.88. The largest absolute Gasteiger partial charge is 0.347 e. The molecule has 0 radical (unpaired) electrons. The van der Waals surface area contributed by atoms with Crippen LogP contribution in [0.25, 0.3) is 11.4 Å². The fourth-order valence-corrected chi connectivity index (χ4v) is 2.29. The summed E-state index contributed by atoms with van der Waals surface area (Å²) in [5.74, 6) is 1.82. The summed E-state index contributed by atoms with van der Waals surface area (Å²) in [6, 6.07) is 7.31. The van der Waals surface area contributed by atoms with Crippen LogP contribution in [0.5, 0.6) is 0 Å². The van der Waals surface area contributed by atoms with Gasteiger partial charge >= 0.3 is 0 Å². The Kier molecular flexibility index (Phi) is 6.81. The van der Waals surface area contributed by atoms with Crippen LogP contribution in [0, 0.1) is 0 Å². The molecule has 1 N–H and O–H groups in total. The summed E-state index contributed by atoms with van der Waals surface area (Å²) >= 11 is 5.88. The minimum Gasteiger partial charge on any atom is -0.347 e. The monoisotopic (exact) mass is 347 g/mol. The molecule has 6 nitrogen and oxygen atoms in total. The molecule has 2 aromatic rings. The molecule has 0 spiro atoms. The van der Waals surface area contributed by atoms with Gasteiger partial charge in [-0.25, -0.2) is 0 Å². The van der Waals surface area contributed by atoms with Gasteiger partial charge in [-0.3, -0.25) is 4.99 Å². The molecule has 0 saturated carbocycles. The van der Waals surface area contributed by atoms with Crippen LogP contribution in [0.4, 0.5) is 0 Å². The molecule has 0 fully saturated rings. The quantitative estimate of drug-likeness (QED) is 0.360. The summed E-state index contributed by atoms with van der Waals surface area (Å²) < 4.78 is 5.28. The molecule has 0 aliphatic rings. The molecule has 1 heterocycles. The lowest BCUT2D eigenvalue weighted by molar-refractivity contribution is 0.371. The van der Waals surface area contributed by atoms with Gasteiger partial charge in [-0.05, 0) is 37.1 Å². The highest BCUT2D eigenvalue weighted by Crippen LogP contribution is 2.18. The van der Waals surface area contributed by atoms with Crippen molar-refractivity contribution in [2.24, 2.45) is 4.99 Å². The average Bonchev–Trinajstić information content (AvgIpc) is 3.05. The third kappa shape index (κ3) is 5.09. The highest BCUT2D eigenvalue weighted by atomic mass is 35.5. The number of unbranched alkanes of at least 4 members (excludes halogenated alkanes) is 1. The van der Waals surface area contributed by atoms with E-state index >= 15 is 0 Å². The molecule has 0 saturated heterocycles. The number of nitrogens with zero attached hydrogens (tertiary/aromatic N) is 4. The van der Waals surface area contributed by atoms with E-state index in [-0.39, 0.29) is 0 Å². The molecule has 7 heteroatoms. The lowest BCUT2D eigenvalue weighted by atomic mass is 10.2. The Balaban J connectivity index is 1.91. The maximum absolute atomic E-state index is 5.88. The van der Waals surface area contributed by atoms with Crippen LogP contribution in [0.3, 0.4) is 0 Å². The van der Waals surface area contributed by atoms with E-state index in [0.29, 0.717) is 23.3 Å². The minimum atomic E-state index is 0.416. The first-order chi connectivity index (χ1) is 11.6. The highest BCUT2D eigenvalue weighted by Gasteiger charge is 2.10. The maximum atomic E-state index is 5.88. The van der Waals surface area contributed by atoms with Gasteiger partial charge < -0.3 is 14.7 Å². The van der Waals surface area contributed by atoms with Crippen molar-refractivity contribution in [3.05, 3.63) is 47.8 Å². The van der Waals surface area contributed by atoms with E-state index in [1.54, 1.807) is 19.2 Å². The van der Waals surface area contributed by atoms with Crippen LogP contribution in [0.2, 0.25) is 5.02 Å². The van der Waals surface area contributed by atoms with E-state index in [0.717, 1.165) is 30.9 Å². The summed E-state index contributed by atoms with van der Waals surface area (Å²) in [6.07, 6.45) is 3.93. The number of allylic oxidation sites excluding steroid dienone is 1. The van der Waals surface area contributed by atoms with E-state index in [1.165, 1.54) is 0 Å². The van der Waals surface area contributed by atoms with Crippen molar-refractivity contribution in [2.75, 3.05) is 20.6 Å². The number of nitrogens with one attached hydrogen (secondary N) is 1. The summed E-state index contributed by atoms with van der Waals surface area (Å²) in [4.78, 5) is 10.7. The van der Waals surface area contributed by atoms with Gasteiger partial charge in [-0.2, -0.15) is 4.98 Å². The number of hydrogen-bond acceptors (Lipinski definition) is 4. The van der Waals surface area contributed by atoms with Gasteiger partial charge in [0.25, 0.3) is 0 Å². The SMILES string of the molecule is C=CCCCN(C)C(=NC)NCc1nc(-c2ccc(Cl)cc2)no1. The number of halogens is 1. The molecule has 1 aromatic heterocycles. The second-order valence-electron chi connectivity index (χ2n) is 5.27. The van der Waals surface area contributed by atoms with Crippen LogP contribution < -0.4 is 5.32 Å². The fraction of sp³-hybridized carbons (Fsp3) is 0.353. The Morgan fingerprint density at radius 3 is 2.83 bits per heavy atom. The lowest BCUT2D eigenvalue weighted by Gasteiger charge is -2.21. The first-order valence-corrected chi connectivity index (χ1v) is 8.13. The summed E-state index contributed by atoms with van der Waals surface area (Å²) in [7, 11) is 3.74. The topological polar surface area (TPSA) is 66.5 Å². The van der Waals surface area contributed by atoms with Gasteiger partial charge in [0.05, 0.1) is 6.54 Å². The van der Waals surface area contributed by atoms with E-state index < -0.39 is 0 Å². The first-order valence-electron chi connectivity index (χ1n) is 7.75. The van der Waals surface area contributed by atoms with Gasteiger partial charge in [0, 0.05) is 31.2 Å². The van der Waals surface area contributed by atoms with Gasteiger partial charge in [-0.15, -0.1) is 6.58 Å². The smallest absolute Gasteiger partial charge is 0.246 e. The molecule has 0 unspecified atom stereocenters. The first kappa shape index (κ1) is 18.0. The molecular weight excluding hydrogens is 326 g/mol. The Hall–Kier alpha value is -2.34. The van der Waals surface area contributed by atoms with E-state index in [9.17, 15) is 0 Å². The maximum Gasteiger partial charge on any atom is 0.246 e. The van der Waals surface area contributed by atoms with Crippen molar-refractivity contribution in [3.63, 3.8) is 0 Å². The Bertz CT molecular complexity index is 681. The Labute approximate surface area is 147 Å². The minimum absolute atomic E-state index is 0.416. The predicted molar refractivity (Wildman–Crippen MR) is 97.0 cm³/mol. The van der Waals surface area contributed by atoms with Crippen molar-refractivity contribution in [1.82, 2.24) is 20.4 Å². The van der Waals surface area contributed by atoms with Crippen LogP contribution in [0.15, 0.2) is 46.4 Å². The van der Waals surface area contributed by atoms with Crippen molar-refractivity contribution in [2.45, 2.75) is 19.4 Å². The Morgan fingerprint density at radius 1 is 1.42 bits per heavy atom. The second-order valence-corrected chi connectivity index (χ2v) is 5.71. The number of aliphatic imine (C=N–C) groups is 1. The molecule has 0 bridgehead atoms. The normalized spacial score (nSPS) is 11.4. The van der Waals surface area contributed by atoms with E-state index in [4.69, 9.17) is 16.1 Å². The molecule has 24 heavy (non-hydrogen) atoms. The third-order valence-electron chi connectivity index (χ3n) is 3.44. The fourth-order valence-electron chi connectivity index (χ4n) is 2.16. The number of guanidine groups is 1. The van der Waals surface area contributed by atoms with E-state index in [2.05, 4.69) is 31.9 Å². The van der Waals surface area contributed by atoms with Crippen LogP contribution in [0.1, 0.15) is 18.7 Å². The van der Waals surface area contributed by atoms with Crippen molar-refractivity contribution >= 4 is 17.6 Å². The highest BCUT2D eigenvalue weighted by molar-refractivity contribution is 6.30. The molecule has 0 aliphatic heterocycles. The second kappa shape index (κ2) is 9.08. The molecule has 0 aliphatic carbocycles. The number of benzene rings is 1. The molecule has 128 valence electrons. The molecular formula is C17H22ClN5O. The summed E-state index contributed by atoms with van der Waals surface area (Å²) in [5.41, 5.74) is 0.861. The van der Waals surface area contributed by atoms with Gasteiger partial charge in [0.2, 0.25) is 11.7 Å². The van der Waals surface area contributed by atoms with Crippen LogP contribution in [-0.2, 0) is 6.54 Å². The molecule has 1 aromatic carbocycles. The lowest BCUT2D eigenvalue weighted by Crippen LogP contribution is -2.39.